The van der Waals surface area contributed by atoms with Crippen molar-refractivity contribution in [2.75, 3.05) is 13.2 Å². The van der Waals surface area contributed by atoms with E-state index in [-0.39, 0.29) is 5.82 Å². The third-order valence-corrected chi connectivity index (χ3v) is 3.73. The molecule has 1 atom stereocenters. The third-order valence-electron chi connectivity index (χ3n) is 3.73. The van der Waals surface area contributed by atoms with E-state index in [2.05, 4.69) is 10.6 Å². The van der Waals surface area contributed by atoms with Gasteiger partial charge in [-0.25, -0.2) is 9.18 Å². The number of carbonyl (C=O) groups excluding carboxylic acids is 3. The van der Waals surface area contributed by atoms with Crippen LogP contribution in [0.25, 0.3) is 0 Å². The number of hydrogen-bond acceptors (Lipinski definition) is 4. The van der Waals surface area contributed by atoms with Gasteiger partial charge in [-0.1, -0.05) is 30.3 Å². The molecule has 0 aliphatic carbocycles. The Balaban J connectivity index is 1.67. The summed E-state index contributed by atoms with van der Waals surface area (Å²) in [6.45, 7) is 1.38. The van der Waals surface area contributed by atoms with Crippen molar-refractivity contribution in [3.8, 4) is 0 Å². The summed E-state index contributed by atoms with van der Waals surface area (Å²) in [6.07, 6.45) is 0.531. The van der Waals surface area contributed by atoms with Crippen molar-refractivity contribution in [1.82, 2.24) is 10.6 Å². The molecule has 2 rings (SSSR count). The number of benzene rings is 2. The molecule has 0 fully saturated rings. The molecule has 0 saturated carbocycles. The summed E-state index contributed by atoms with van der Waals surface area (Å²) in [5.41, 5.74) is 1.31. The van der Waals surface area contributed by atoms with E-state index in [1.807, 2.05) is 0 Å². The van der Waals surface area contributed by atoms with Crippen LogP contribution < -0.4 is 10.6 Å². The van der Waals surface area contributed by atoms with E-state index in [0.29, 0.717) is 18.5 Å². The summed E-state index contributed by atoms with van der Waals surface area (Å²) in [6, 6.07) is 13.6. The van der Waals surface area contributed by atoms with Gasteiger partial charge in [-0.05, 0) is 43.2 Å². The topological polar surface area (TPSA) is 84.5 Å². The average molecular weight is 372 g/mol. The summed E-state index contributed by atoms with van der Waals surface area (Å²) in [5, 5.41) is 5.12. The highest BCUT2D eigenvalue weighted by atomic mass is 19.1. The Hall–Kier alpha value is -3.22. The number of ether oxygens (including phenoxy) is 1. The molecule has 0 radical (unpaired) electrons. The second kappa shape index (κ2) is 10.1. The lowest BCUT2D eigenvalue weighted by Gasteiger charge is -2.13. The first-order chi connectivity index (χ1) is 13.0. The van der Waals surface area contributed by atoms with E-state index >= 15 is 0 Å². The number of halogens is 1. The summed E-state index contributed by atoms with van der Waals surface area (Å²) < 4.78 is 17.7. The van der Waals surface area contributed by atoms with Gasteiger partial charge in [-0.15, -0.1) is 0 Å². The summed E-state index contributed by atoms with van der Waals surface area (Å²) in [5.74, 6) is -1.87. The zero-order chi connectivity index (χ0) is 19.6. The molecule has 142 valence electrons. The highest BCUT2D eigenvalue weighted by Gasteiger charge is 2.18. The van der Waals surface area contributed by atoms with Crippen molar-refractivity contribution in [2.45, 2.75) is 19.4 Å². The number of carbonyl (C=O) groups is 3. The average Bonchev–Trinajstić information content (AvgIpc) is 2.68. The Labute approximate surface area is 156 Å². The fraction of sp³-hybridized carbons (Fsp3) is 0.250. The molecule has 2 N–H and O–H groups in total. The second-order valence-corrected chi connectivity index (χ2v) is 5.90. The highest BCUT2D eigenvalue weighted by Crippen LogP contribution is 2.03. The van der Waals surface area contributed by atoms with Crippen LogP contribution in [0, 0.1) is 5.82 Å². The first-order valence-corrected chi connectivity index (χ1v) is 8.49. The zero-order valence-electron chi connectivity index (χ0n) is 14.9. The van der Waals surface area contributed by atoms with Gasteiger partial charge in [0.15, 0.2) is 6.61 Å². The van der Waals surface area contributed by atoms with Crippen molar-refractivity contribution in [3.63, 3.8) is 0 Å². The van der Waals surface area contributed by atoms with E-state index in [9.17, 15) is 18.8 Å². The van der Waals surface area contributed by atoms with Crippen molar-refractivity contribution in [2.24, 2.45) is 0 Å². The third kappa shape index (κ3) is 6.89. The molecule has 2 amide bonds. The summed E-state index contributed by atoms with van der Waals surface area (Å²) in [4.78, 5) is 35.6. The van der Waals surface area contributed by atoms with Gasteiger partial charge in [-0.2, -0.15) is 0 Å². The molecule has 0 saturated heterocycles. The van der Waals surface area contributed by atoms with Gasteiger partial charge in [0.25, 0.3) is 11.8 Å². The van der Waals surface area contributed by atoms with Crippen LogP contribution in [0.4, 0.5) is 4.39 Å². The maximum absolute atomic E-state index is 12.8. The minimum atomic E-state index is -0.885. The number of amides is 2. The van der Waals surface area contributed by atoms with E-state index in [0.717, 1.165) is 5.56 Å². The zero-order valence-corrected chi connectivity index (χ0v) is 14.9. The Kier molecular flexibility index (Phi) is 7.49. The van der Waals surface area contributed by atoms with Crippen molar-refractivity contribution in [3.05, 3.63) is 71.5 Å². The molecule has 2 aromatic rings. The number of nitrogens with one attached hydrogen (secondary N) is 2. The molecule has 0 aliphatic heterocycles. The van der Waals surface area contributed by atoms with Gasteiger partial charge < -0.3 is 15.4 Å². The largest absolute Gasteiger partial charge is 0.454 e. The van der Waals surface area contributed by atoms with Gasteiger partial charge >= 0.3 is 5.97 Å². The van der Waals surface area contributed by atoms with Crippen LogP contribution in [0.2, 0.25) is 0 Å². The van der Waals surface area contributed by atoms with E-state index in [1.54, 1.807) is 42.5 Å². The number of hydrogen-bond donors (Lipinski definition) is 2. The van der Waals surface area contributed by atoms with Crippen LogP contribution in [0.1, 0.15) is 22.8 Å². The quantitative estimate of drug-likeness (QED) is 0.693. The van der Waals surface area contributed by atoms with Gasteiger partial charge in [0.05, 0.1) is 0 Å². The molecule has 7 heteroatoms. The predicted octanol–water partition coefficient (Wildman–Crippen LogP) is 1.85. The standard InChI is InChI=1S/C20H21FN2O4/c1-14(23-19(25)16-5-3-2-4-6-16)20(26)27-13-18(24)22-12-11-15-7-9-17(21)10-8-15/h2-10,14H,11-13H2,1H3,(H,22,24)(H,23,25). The maximum atomic E-state index is 12.8. The Bertz CT molecular complexity index is 778. The van der Waals surface area contributed by atoms with Gasteiger partial charge in [-0.3, -0.25) is 9.59 Å². The predicted molar refractivity (Wildman–Crippen MR) is 97.4 cm³/mol. The molecule has 2 aromatic carbocycles. The Morgan fingerprint density at radius 2 is 1.70 bits per heavy atom. The second-order valence-electron chi connectivity index (χ2n) is 5.90. The van der Waals surface area contributed by atoms with Gasteiger partial charge in [0, 0.05) is 12.1 Å². The smallest absolute Gasteiger partial charge is 0.328 e. The van der Waals surface area contributed by atoms with Crippen molar-refractivity contribution in [1.29, 1.82) is 0 Å². The van der Waals surface area contributed by atoms with Crippen LogP contribution in [0.5, 0.6) is 0 Å². The van der Waals surface area contributed by atoms with Crippen molar-refractivity contribution >= 4 is 17.8 Å². The minimum absolute atomic E-state index is 0.317. The molecule has 0 bridgehead atoms. The molecule has 0 aromatic heterocycles. The Morgan fingerprint density at radius 3 is 2.37 bits per heavy atom. The van der Waals surface area contributed by atoms with Crippen LogP contribution >= 0.6 is 0 Å². The van der Waals surface area contributed by atoms with E-state index in [4.69, 9.17) is 4.74 Å². The summed E-state index contributed by atoms with van der Waals surface area (Å²) >= 11 is 0. The first-order valence-electron chi connectivity index (χ1n) is 8.49. The number of esters is 1. The molecule has 0 spiro atoms. The number of rotatable bonds is 8. The maximum Gasteiger partial charge on any atom is 0.328 e. The Morgan fingerprint density at radius 1 is 1.04 bits per heavy atom. The lowest BCUT2D eigenvalue weighted by Crippen LogP contribution is -2.41. The van der Waals surface area contributed by atoms with Crippen LogP contribution in [0.15, 0.2) is 54.6 Å². The summed E-state index contributed by atoms with van der Waals surface area (Å²) in [7, 11) is 0. The fourth-order valence-electron chi connectivity index (χ4n) is 2.24. The molecule has 0 aliphatic rings. The molecular formula is C20H21FN2O4. The molecule has 1 unspecified atom stereocenters. The molecule has 0 heterocycles. The van der Waals surface area contributed by atoms with Gasteiger partial charge in [0.1, 0.15) is 11.9 Å². The lowest BCUT2D eigenvalue weighted by molar-refractivity contribution is -0.150. The highest BCUT2D eigenvalue weighted by molar-refractivity contribution is 5.96. The molecular weight excluding hydrogens is 351 g/mol. The first kappa shape index (κ1) is 20.1. The van der Waals surface area contributed by atoms with Crippen LogP contribution in [-0.2, 0) is 20.7 Å². The van der Waals surface area contributed by atoms with Crippen LogP contribution in [0.3, 0.4) is 0 Å². The van der Waals surface area contributed by atoms with E-state index < -0.39 is 30.4 Å². The van der Waals surface area contributed by atoms with Gasteiger partial charge in [0.2, 0.25) is 0 Å². The lowest BCUT2D eigenvalue weighted by atomic mass is 10.1. The monoisotopic (exact) mass is 372 g/mol. The normalized spacial score (nSPS) is 11.3. The van der Waals surface area contributed by atoms with Crippen molar-refractivity contribution < 1.29 is 23.5 Å². The van der Waals surface area contributed by atoms with Crippen LogP contribution in [-0.4, -0.2) is 37.0 Å². The fourth-order valence-corrected chi connectivity index (χ4v) is 2.24. The SMILES string of the molecule is CC(NC(=O)c1ccccc1)C(=O)OCC(=O)NCCc1ccc(F)cc1. The molecule has 27 heavy (non-hydrogen) atoms. The van der Waals surface area contributed by atoms with E-state index in [1.165, 1.54) is 19.1 Å². The minimum Gasteiger partial charge on any atom is -0.454 e. The molecule has 6 nitrogen and oxygen atoms in total.